The summed E-state index contributed by atoms with van der Waals surface area (Å²) >= 11 is 0. The molecule has 0 radical (unpaired) electrons. The molecule has 2 rings (SSSR count). The second kappa shape index (κ2) is 4.79. The van der Waals surface area contributed by atoms with Crippen LogP contribution in [0.5, 0.6) is 0 Å². The Morgan fingerprint density at radius 3 is 2.62 bits per heavy atom. The zero-order valence-electron chi connectivity index (χ0n) is 9.13. The maximum atomic E-state index is 12.7. The first-order valence-electron chi connectivity index (χ1n) is 5.24. The first kappa shape index (κ1) is 10.7. The smallest absolute Gasteiger partial charge is 0.200 e. The molecule has 0 aliphatic rings. The van der Waals surface area contributed by atoms with Crippen molar-refractivity contribution >= 4 is 5.95 Å². The van der Waals surface area contributed by atoms with Gasteiger partial charge in [0.1, 0.15) is 5.82 Å². The lowest BCUT2D eigenvalue weighted by Gasteiger charge is -1.99. The molecule has 84 valence electrons. The van der Waals surface area contributed by atoms with Crippen LogP contribution in [-0.4, -0.2) is 17.0 Å². The second-order valence-corrected chi connectivity index (χ2v) is 3.63. The van der Waals surface area contributed by atoms with Crippen molar-refractivity contribution < 1.29 is 4.39 Å². The number of aryl methyl sites for hydroxylation is 2. The second-order valence-electron chi connectivity index (χ2n) is 3.63. The molecule has 0 saturated heterocycles. The molecule has 2 N–H and O–H groups in total. The number of nitrogens with zero attached hydrogens (tertiary/aromatic N) is 1. The normalized spacial score (nSPS) is 10.4. The molecule has 0 unspecified atom stereocenters. The fraction of sp³-hybridized carbons (Fsp3) is 0.250. The third-order valence-corrected chi connectivity index (χ3v) is 2.46. The van der Waals surface area contributed by atoms with E-state index in [0.717, 1.165) is 30.0 Å². The molecule has 2 aromatic rings. The van der Waals surface area contributed by atoms with Crippen molar-refractivity contribution in [3.8, 4) is 0 Å². The molecule has 3 nitrogen and oxygen atoms in total. The molecular formula is C12H14FN3. The number of aromatic nitrogens is 2. The van der Waals surface area contributed by atoms with Crippen LogP contribution in [0.2, 0.25) is 0 Å². The van der Waals surface area contributed by atoms with E-state index in [-0.39, 0.29) is 5.82 Å². The van der Waals surface area contributed by atoms with E-state index >= 15 is 0 Å². The first-order chi connectivity index (χ1) is 7.78. The van der Waals surface area contributed by atoms with Crippen LogP contribution in [0, 0.1) is 5.82 Å². The molecule has 0 spiro atoms. The van der Waals surface area contributed by atoms with Crippen molar-refractivity contribution in [2.45, 2.75) is 12.8 Å². The summed E-state index contributed by atoms with van der Waals surface area (Å²) in [7, 11) is 1.82. The molecule has 0 aliphatic carbocycles. The number of aromatic amines is 1. The van der Waals surface area contributed by atoms with Gasteiger partial charge in [0.25, 0.3) is 0 Å². The third kappa shape index (κ3) is 2.59. The zero-order chi connectivity index (χ0) is 11.4. The van der Waals surface area contributed by atoms with E-state index in [1.807, 2.05) is 25.4 Å². The summed E-state index contributed by atoms with van der Waals surface area (Å²) < 4.78 is 12.7. The van der Waals surface area contributed by atoms with Gasteiger partial charge in [0.05, 0.1) is 6.20 Å². The van der Waals surface area contributed by atoms with Crippen LogP contribution in [0.4, 0.5) is 10.3 Å². The van der Waals surface area contributed by atoms with Gasteiger partial charge in [0.2, 0.25) is 0 Å². The van der Waals surface area contributed by atoms with E-state index in [0.29, 0.717) is 0 Å². The van der Waals surface area contributed by atoms with Gasteiger partial charge in [-0.05, 0) is 30.5 Å². The number of halogens is 1. The van der Waals surface area contributed by atoms with Gasteiger partial charge in [-0.25, -0.2) is 9.37 Å². The Balaban J connectivity index is 1.94. The highest BCUT2D eigenvalue weighted by atomic mass is 19.1. The maximum Gasteiger partial charge on any atom is 0.200 e. The Morgan fingerprint density at radius 2 is 2.00 bits per heavy atom. The molecule has 0 amide bonds. The lowest BCUT2D eigenvalue weighted by Crippen LogP contribution is -1.93. The highest BCUT2D eigenvalue weighted by Crippen LogP contribution is 2.08. The van der Waals surface area contributed by atoms with Crippen LogP contribution in [0.25, 0.3) is 0 Å². The van der Waals surface area contributed by atoms with Crippen LogP contribution >= 0.6 is 0 Å². The lowest BCUT2D eigenvalue weighted by molar-refractivity contribution is 0.627. The Kier molecular flexibility index (Phi) is 3.19. The zero-order valence-corrected chi connectivity index (χ0v) is 9.13. The lowest BCUT2D eigenvalue weighted by atomic mass is 10.1. The van der Waals surface area contributed by atoms with Gasteiger partial charge in [-0.3, -0.25) is 0 Å². The molecule has 1 heterocycles. The van der Waals surface area contributed by atoms with Crippen molar-refractivity contribution in [1.29, 1.82) is 0 Å². The van der Waals surface area contributed by atoms with Gasteiger partial charge >= 0.3 is 0 Å². The quantitative estimate of drug-likeness (QED) is 0.828. The van der Waals surface area contributed by atoms with Crippen LogP contribution in [0.15, 0.2) is 30.5 Å². The Bertz CT molecular complexity index is 448. The van der Waals surface area contributed by atoms with E-state index in [4.69, 9.17) is 0 Å². The van der Waals surface area contributed by atoms with Gasteiger partial charge in [-0.15, -0.1) is 0 Å². The third-order valence-electron chi connectivity index (χ3n) is 2.46. The van der Waals surface area contributed by atoms with Crippen LogP contribution in [0.1, 0.15) is 11.3 Å². The molecule has 0 aliphatic heterocycles. The average molecular weight is 219 g/mol. The highest BCUT2D eigenvalue weighted by molar-refractivity contribution is 5.25. The molecule has 0 saturated carbocycles. The standard InChI is InChI=1S/C12H14FN3/c1-14-12-15-8-11(16-12)7-4-9-2-5-10(13)6-3-9/h2-3,5-6,8H,4,7H2,1H3,(H2,14,15,16). The van der Waals surface area contributed by atoms with Gasteiger partial charge in [-0.1, -0.05) is 12.1 Å². The summed E-state index contributed by atoms with van der Waals surface area (Å²) in [6.07, 6.45) is 3.57. The number of anilines is 1. The molecular weight excluding hydrogens is 205 g/mol. The minimum Gasteiger partial charge on any atom is -0.359 e. The van der Waals surface area contributed by atoms with Crippen molar-refractivity contribution in [3.05, 3.63) is 47.5 Å². The molecule has 1 aromatic heterocycles. The van der Waals surface area contributed by atoms with E-state index < -0.39 is 0 Å². The SMILES string of the molecule is CNc1ncc(CCc2ccc(F)cc2)[nH]1. The number of hydrogen-bond acceptors (Lipinski definition) is 2. The predicted octanol–water partition coefficient (Wildman–Crippen LogP) is 2.38. The van der Waals surface area contributed by atoms with Crippen molar-refractivity contribution in [2.24, 2.45) is 0 Å². The number of benzene rings is 1. The Morgan fingerprint density at radius 1 is 1.25 bits per heavy atom. The van der Waals surface area contributed by atoms with E-state index in [1.54, 1.807) is 0 Å². The van der Waals surface area contributed by atoms with Gasteiger partial charge in [-0.2, -0.15) is 0 Å². The fourth-order valence-corrected chi connectivity index (χ4v) is 1.54. The average Bonchev–Trinajstić information content (AvgIpc) is 2.76. The van der Waals surface area contributed by atoms with Crippen LogP contribution in [0.3, 0.4) is 0 Å². The number of imidazole rings is 1. The predicted molar refractivity (Wildman–Crippen MR) is 61.9 cm³/mol. The van der Waals surface area contributed by atoms with Crippen LogP contribution < -0.4 is 5.32 Å². The summed E-state index contributed by atoms with van der Waals surface area (Å²) in [5.74, 6) is 0.580. The van der Waals surface area contributed by atoms with Gasteiger partial charge < -0.3 is 10.3 Å². The fourth-order valence-electron chi connectivity index (χ4n) is 1.54. The van der Waals surface area contributed by atoms with Crippen molar-refractivity contribution in [1.82, 2.24) is 9.97 Å². The molecule has 1 aromatic carbocycles. The van der Waals surface area contributed by atoms with Crippen molar-refractivity contribution in [3.63, 3.8) is 0 Å². The van der Waals surface area contributed by atoms with E-state index in [9.17, 15) is 4.39 Å². The largest absolute Gasteiger partial charge is 0.359 e. The van der Waals surface area contributed by atoms with Gasteiger partial charge in [0, 0.05) is 12.7 Å². The Labute approximate surface area is 93.7 Å². The summed E-state index contributed by atoms with van der Waals surface area (Å²) in [5.41, 5.74) is 2.20. The molecule has 16 heavy (non-hydrogen) atoms. The summed E-state index contributed by atoms with van der Waals surface area (Å²) in [5, 5.41) is 2.94. The minimum atomic E-state index is -0.192. The number of H-pyrrole nitrogens is 1. The molecule has 0 fully saturated rings. The van der Waals surface area contributed by atoms with E-state index in [1.165, 1.54) is 12.1 Å². The topological polar surface area (TPSA) is 40.7 Å². The summed E-state index contributed by atoms with van der Waals surface area (Å²) in [4.78, 5) is 7.28. The maximum absolute atomic E-state index is 12.7. The number of hydrogen-bond donors (Lipinski definition) is 2. The monoisotopic (exact) mass is 219 g/mol. The minimum absolute atomic E-state index is 0.192. The number of nitrogens with one attached hydrogen (secondary N) is 2. The van der Waals surface area contributed by atoms with Crippen LogP contribution in [-0.2, 0) is 12.8 Å². The molecule has 4 heteroatoms. The van der Waals surface area contributed by atoms with Gasteiger partial charge in [0.15, 0.2) is 5.95 Å². The Hall–Kier alpha value is -1.84. The first-order valence-corrected chi connectivity index (χ1v) is 5.24. The van der Waals surface area contributed by atoms with Crippen molar-refractivity contribution in [2.75, 3.05) is 12.4 Å². The van der Waals surface area contributed by atoms with E-state index in [2.05, 4.69) is 15.3 Å². The molecule has 0 bridgehead atoms. The molecule has 0 atom stereocenters. The summed E-state index contributed by atoms with van der Waals surface area (Å²) in [6.45, 7) is 0. The summed E-state index contributed by atoms with van der Waals surface area (Å²) in [6, 6.07) is 6.60. The number of rotatable bonds is 4. The highest BCUT2D eigenvalue weighted by Gasteiger charge is 2.00.